The number of aromatic amines is 1. The second-order valence-electron chi connectivity index (χ2n) is 3.84. The summed E-state index contributed by atoms with van der Waals surface area (Å²) < 4.78 is 0. The standard InChI is InChI=1S/C12H14N2O/c1-3-8(2)9-4-5-10-7-13-12(15)14-11(10)6-9/h4-8H,3H2,1-2H3,(H,13,14,15). The van der Waals surface area contributed by atoms with E-state index in [-0.39, 0.29) is 5.69 Å². The smallest absolute Gasteiger partial charge is 0.305 e. The van der Waals surface area contributed by atoms with Gasteiger partial charge in [-0.1, -0.05) is 26.0 Å². The van der Waals surface area contributed by atoms with Crippen LogP contribution in [0, 0.1) is 0 Å². The van der Waals surface area contributed by atoms with E-state index < -0.39 is 0 Å². The molecule has 0 aliphatic carbocycles. The summed E-state index contributed by atoms with van der Waals surface area (Å²) in [4.78, 5) is 17.5. The maximum atomic E-state index is 11.1. The Morgan fingerprint density at radius 3 is 3.00 bits per heavy atom. The number of hydrogen-bond donors (Lipinski definition) is 1. The van der Waals surface area contributed by atoms with E-state index in [1.165, 1.54) is 5.56 Å². The van der Waals surface area contributed by atoms with Gasteiger partial charge in [0.1, 0.15) is 0 Å². The van der Waals surface area contributed by atoms with E-state index >= 15 is 0 Å². The van der Waals surface area contributed by atoms with Gasteiger partial charge in [-0.15, -0.1) is 0 Å². The molecule has 2 rings (SSSR count). The largest absolute Gasteiger partial charge is 0.345 e. The van der Waals surface area contributed by atoms with Crippen LogP contribution in [0.1, 0.15) is 31.7 Å². The summed E-state index contributed by atoms with van der Waals surface area (Å²) in [7, 11) is 0. The van der Waals surface area contributed by atoms with Gasteiger partial charge in [0.15, 0.2) is 0 Å². The molecule has 3 heteroatoms. The maximum absolute atomic E-state index is 11.1. The maximum Gasteiger partial charge on any atom is 0.345 e. The number of H-pyrrole nitrogens is 1. The summed E-state index contributed by atoms with van der Waals surface area (Å²) >= 11 is 0. The highest BCUT2D eigenvalue weighted by atomic mass is 16.1. The van der Waals surface area contributed by atoms with Crippen molar-refractivity contribution in [3.63, 3.8) is 0 Å². The van der Waals surface area contributed by atoms with Gasteiger partial charge < -0.3 is 4.98 Å². The molecule has 0 aliphatic rings. The van der Waals surface area contributed by atoms with Crippen molar-refractivity contribution in [3.8, 4) is 0 Å². The minimum atomic E-state index is -0.288. The molecule has 0 saturated carbocycles. The van der Waals surface area contributed by atoms with E-state index in [9.17, 15) is 4.79 Å². The Bertz CT molecular complexity index is 530. The van der Waals surface area contributed by atoms with E-state index in [0.717, 1.165) is 17.3 Å². The Morgan fingerprint density at radius 2 is 2.27 bits per heavy atom. The van der Waals surface area contributed by atoms with E-state index in [0.29, 0.717) is 5.92 Å². The lowest BCUT2D eigenvalue weighted by molar-refractivity contribution is 0.734. The number of rotatable bonds is 2. The highest BCUT2D eigenvalue weighted by Crippen LogP contribution is 2.21. The summed E-state index contributed by atoms with van der Waals surface area (Å²) in [6.07, 6.45) is 2.70. The van der Waals surface area contributed by atoms with Crippen molar-refractivity contribution >= 4 is 10.9 Å². The van der Waals surface area contributed by atoms with Gasteiger partial charge in [-0.3, -0.25) is 0 Å². The Labute approximate surface area is 88.2 Å². The summed E-state index contributed by atoms with van der Waals surface area (Å²) in [6.45, 7) is 4.34. The van der Waals surface area contributed by atoms with Crippen LogP contribution in [0.25, 0.3) is 10.9 Å². The molecule has 3 nitrogen and oxygen atoms in total. The number of nitrogens with one attached hydrogen (secondary N) is 1. The van der Waals surface area contributed by atoms with Gasteiger partial charge >= 0.3 is 5.69 Å². The highest BCUT2D eigenvalue weighted by Gasteiger charge is 2.04. The van der Waals surface area contributed by atoms with Crippen molar-refractivity contribution in [3.05, 3.63) is 40.4 Å². The molecule has 1 heterocycles. The number of fused-ring (bicyclic) bond motifs is 1. The Balaban J connectivity index is 2.59. The van der Waals surface area contributed by atoms with Crippen LogP contribution in [0.3, 0.4) is 0 Å². The van der Waals surface area contributed by atoms with E-state index in [1.54, 1.807) is 6.20 Å². The predicted octanol–water partition coefficient (Wildman–Crippen LogP) is 2.44. The second kappa shape index (κ2) is 3.85. The molecule has 1 N–H and O–H groups in total. The third-order valence-corrected chi connectivity index (χ3v) is 2.82. The Hall–Kier alpha value is -1.64. The molecule has 78 valence electrons. The molecule has 1 aromatic carbocycles. The van der Waals surface area contributed by atoms with Crippen LogP contribution in [0.5, 0.6) is 0 Å². The van der Waals surface area contributed by atoms with Gasteiger partial charge in [-0.25, -0.2) is 9.78 Å². The predicted molar refractivity (Wildman–Crippen MR) is 61.1 cm³/mol. The molecular formula is C12H14N2O. The van der Waals surface area contributed by atoms with Crippen molar-refractivity contribution in [1.29, 1.82) is 0 Å². The molecule has 15 heavy (non-hydrogen) atoms. The molecule has 2 aromatic rings. The van der Waals surface area contributed by atoms with Crippen molar-refractivity contribution in [2.45, 2.75) is 26.2 Å². The summed E-state index contributed by atoms with van der Waals surface area (Å²) in [6, 6.07) is 6.13. The van der Waals surface area contributed by atoms with Gasteiger partial charge in [0.2, 0.25) is 0 Å². The topological polar surface area (TPSA) is 45.8 Å². The third-order valence-electron chi connectivity index (χ3n) is 2.82. The van der Waals surface area contributed by atoms with E-state index in [1.807, 2.05) is 12.1 Å². The van der Waals surface area contributed by atoms with Crippen LogP contribution >= 0.6 is 0 Å². The average molecular weight is 202 g/mol. The lowest BCUT2D eigenvalue weighted by Crippen LogP contribution is -2.08. The first kappa shape index (κ1) is 9.90. The van der Waals surface area contributed by atoms with Gasteiger partial charge in [-0.05, 0) is 24.0 Å². The van der Waals surface area contributed by atoms with Crippen molar-refractivity contribution in [2.24, 2.45) is 0 Å². The minimum Gasteiger partial charge on any atom is -0.305 e. The molecule has 1 atom stereocenters. The van der Waals surface area contributed by atoms with Crippen molar-refractivity contribution < 1.29 is 0 Å². The fourth-order valence-corrected chi connectivity index (χ4v) is 1.61. The lowest BCUT2D eigenvalue weighted by atomic mass is 9.98. The zero-order valence-electron chi connectivity index (χ0n) is 8.95. The summed E-state index contributed by atoms with van der Waals surface area (Å²) in [5.41, 5.74) is 1.84. The van der Waals surface area contributed by atoms with Crippen LogP contribution in [0.4, 0.5) is 0 Å². The van der Waals surface area contributed by atoms with Gasteiger partial charge in [0, 0.05) is 11.6 Å². The first-order valence-electron chi connectivity index (χ1n) is 5.19. The van der Waals surface area contributed by atoms with Crippen LogP contribution in [-0.4, -0.2) is 9.97 Å². The van der Waals surface area contributed by atoms with Crippen LogP contribution in [-0.2, 0) is 0 Å². The molecule has 0 amide bonds. The molecule has 1 aromatic heterocycles. The van der Waals surface area contributed by atoms with Crippen LogP contribution < -0.4 is 5.69 Å². The molecular weight excluding hydrogens is 188 g/mol. The minimum absolute atomic E-state index is 0.288. The molecule has 0 fully saturated rings. The summed E-state index contributed by atoms with van der Waals surface area (Å²) in [5, 5.41) is 0.974. The molecule has 0 radical (unpaired) electrons. The average Bonchev–Trinajstić information content (AvgIpc) is 2.27. The van der Waals surface area contributed by atoms with E-state index in [4.69, 9.17) is 0 Å². The Kier molecular flexibility index (Phi) is 2.54. The first-order chi connectivity index (χ1) is 7.20. The number of nitrogens with zero attached hydrogens (tertiary/aromatic N) is 1. The number of benzene rings is 1. The molecule has 0 spiro atoms. The molecule has 0 saturated heterocycles. The second-order valence-corrected chi connectivity index (χ2v) is 3.84. The third kappa shape index (κ3) is 1.91. The first-order valence-corrected chi connectivity index (χ1v) is 5.19. The fraction of sp³-hybridized carbons (Fsp3) is 0.333. The lowest BCUT2D eigenvalue weighted by Gasteiger charge is -2.09. The van der Waals surface area contributed by atoms with Gasteiger partial charge in [0.25, 0.3) is 0 Å². The number of aromatic nitrogens is 2. The highest BCUT2D eigenvalue weighted by molar-refractivity contribution is 5.78. The normalized spacial score (nSPS) is 12.9. The molecule has 0 bridgehead atoms. The molecule has 1 unspecified atom stereocenters. The quantitative estimate of drug-likeness (QED) is 0.813. The van der Waals surface area contributed by atoms with E-state index in [2.05, 4.69) is 29.9 Å². The zero-order chi connectivity index (χ0) is 10.8. The van der Waals surface area contributed by atoms with Gasteiger partial charge in [0.05, 0.1) is 5.52 Å². The molecule has 0 aliphatic heterocycles. The van der Waals surface area contributed by atoms with Crippen molar-refractivity contribution in [2.75, 3.05) is 0 Å². The zero-order valence-corrected chi connectivity index (χ0v) is 8.95. The van der Waals surface area contributed by atoms with Crippen LogP contribution in [0.2, 0.25) is 0 Å². The van der Waals surface area contributed by atoms with Gasteiger partial charge in [-0.2, -0.15) is 0 Å². The fourth-order valence-electron chi connectivity index (χ4n) is 1.61. The SMILES string of the molecule is CCC(C)c1ccc2cnc(=O)[nH]c2c1. The van der Waals surface area contributed by atoms with Crippen molar-refractivity contribution in [1.82, 2.24) is 9.97 Å². The summed E-state index contributed by atoms with van der Waals surface area (Å²) in [5.74, 6) is 0.520. The Morgan fingerprint density at radius 1 is 1.47 bits per heavy atom. The number of hydrogen-bond acceptors (Lipinski definition) is 2. The monoisotopic (exact) mass is 202 g/mol. The van der Waals surface area contributed by atoms with Crippen LogP contribution in [0.15, 0.2) is 29.2 Å².